The Hall–Kier alpha value is -11.4. The number of hydrogen-bond acceptors (Lipinski definition) is 3. The minimum atomic E-state index is -4.79. The average molecular weight is 1110 g/mol. The quantitative estimate of drug-likeness (QED) is 0.152. The lowest BCUT2D eigenvalue weighted by Gasteiger charge is -2.21. The first-order valence-electron chi connectivity index (χ1n) is 28.6. The minimum absolute atomic E-state index is 0.0108. The molecule has 0 aliphatic heterocycles. The van der Waals surface area contributed by atoms with Crippen LogP contribution in [0.5, 0.6) is 0 Å². The third-order valence-electron chi connectivity index (χ3n) is 17.0. The predicted molar refractivity (Wildman–Crippen MR) is 344 cm³/mol. The molecule has 5 aromatic heterocycles. The summed E-state index contributed by atoms with van der Waals surface area (Å²) in [5.41, 5.74) is 12.1. The second kappa shape index (κ2) is 19.1. The Morgan fingerprint density at radius 2 is 0.605 bits per heavy atom. The van der Waals surface area contributed by atoms with Crippen LogP contribution in [-0.2, 0) is 6.18 Å². The highest BCUT2D eigenvalue weighted by molar-refractivity contribution is 6.21. The maximum Gasteiger partial charge on any atom is 0.417 e. The molecule has 0 saturated carbocycles. The summed E-state index contributed by atoms with van der Waals surface area (Å²) >= 11 is 0. The highest BCUT2D eigenvalue weighted by atomic mass is 19.4. The molecule has 10 heteroatoms. The van der Waals surface area contributed by atoms with Gasteiger partial charge >= 0.3 is 6.18 Å². The Balaban J connectivity index is 0.980. The molecule has 17 rings (SSSR count). The summed E-state index contributed by atoms with van der Waals surface area (Å²) in [5, 5.41) is 8.22. The van der Waals surface area contributed by atoms with Gasteiger partial charge in [-0.3, -0.25) is 0 Å². The van der Waals surface area contributed by atoms with Crippen molar-refractivity contribution >= 4 is 87.2 Å². The van der Waals surface area contributed by atoms with Crippen LogP contribution in [0.3, 0.4) is 0 Å². The fourth-order valence-corrected chi connectivity index (χ4v) is 13.3. The molecule has 406 valence electrons. The van der Waals surface area contributed by atoms with E-state index >= 15 is 13.2 Å². The van der Waals surface area contributed by atoms with E-state index in [1.54, 1.807) is 12.1 Å². The van der Waals surface area contributed by atoms with Crippen LogP contribution < -0.4 is 0 Å². The van der Waals surface area contributed by atoms with E-state index < -0.39 is 11.7 Å². The van der Waals surface area contributed by atoms with Gasteiger partial charge in [0.05, 0.1) is 55.4 Å². The number of halogens is 3. The standard InChI is InChI=1S/C76H46F3N7/c77-76(78,79)63-39-38-52(85-66-35-19-15-31-55(66)61-43-59-53-29-13-17-33-64(53)83(69(59)45-71(61)85)50-25-9-3-10-26-50)42-57(63)58-41-49(75-81-73(47-21-5-1-6-22-47)80-74(82-75)48-23-7-2-8-24-48)37-40-68(58)86-67-36-20-16-32-56(67)62-44-60-54-30-14-18-34-65(54)84(70(60)46-72(62)86)51-27-11-4-12-28-51/h1-46H. The molecule has 0 atom stereocenters. The maximum absolute atomic E-state index is 16.5. The summed E-state index contributed by atoms with van der Waals surface area (Å²) in [6.07, 6.45) is -4.79. The van der Waals surface area contributed by atoms with Crippen LogP contribution in [0.1, 0.15) is 5.56 Å². The highest BCUT2D eigenvalue weighted by Crippen LogP contribution is 2.47. The molecular formula is C76H46F3N7. The van der Waals surface area contributed by atoms with E-state index in [-0.39, 0.29) is 5.56 Å². The molecule has 17 aromatic rings. The van der Waals surface area contributed by atoms with Crippen molar-refractivity contribution < 1.29 is 13.2 Å². The molecule has 0 aliphatic carbocycles. The van der Waals surface area contributed by atoms with Crippen molar-refractivity contribution in [1.82, 2.24) is 33.2 Å². The van der Waals surface area contributed by atoms with Crippen molar-refractivity contribution in [1.29, 1.82) is 0 Å². The lowest BCUT2D eigenvalue weighted by molar-refractivity contribution is -0.137. The van der Waals surface area contributed by atoms with Crippen LogP contribution >= 0.6 is 0 Å². The zero-order valence-corrected chi connectivity index (χ0v) is 45.8. The van der Waals surface area contributed by atoms with Gasteiger partial charge in [0.2, 0.25) is 0 Å². The van der Waals surface area contributed by atoms with E-state index in [1.807, 2.05) is 140 Å². The Bertz CT molecular complexity index is 5510. The normalized spacial score (nSPS) is 12.1. The summed E-state index contributed by atoms with van der Waals surface area (Å²) in [5.74, 6) is 1.18. The monoisotopic (exact) mass is 1110 g/mol. The van der Waals surface area contributed by atoms with Crippen LogP contribution in [-0.4, -0.2) is 33.2 Å². The van der Waals surface area contributed by atoms with Crippen molar-refractivity contribution in [2.75, 3.05) is 0 Å². The van der Waals surface area contributed by atoms with Gasteiger partial charge in [0, 0.05) is 82.4 Å². The fraction of sp³-hybridized carbons (Fsp3) is 0.0132. The van der Waals surface area contributed by atoms with Gasteiger partial charge in [-0.25, -0.2) is 15.0 Å². The minimum Gasteiger partial charge on any atom is -0.309 e. The average Bonchev–Trinajstić information content (AvgIpc) is 1.71. The van der Waals surface area contributed by atoms with Crippen molar-refractivity contribution in [2.24, 2.45) is 0 Å². The lowest BCUT2D eigenvalue weighted by atomic mass is 9.94. The number of aromatic nitrogens is 7. The number of rotatable bonds is 8. The molecule has 86 heavy (non-hydrogen) atoms. The van der Waals surface area contributed by atoms with Crippen molar-refractivity contribution in [3.63, 3.8) is 0 Å². The van der Waals surface area contributed by atoms with Crippen LogP contribution in [0.2, 0.25) is 0 Å². The Kier molecular flexibility index (Phi) is 10.9. The predicted octanol–water partition coefficient (Wildman–Crippen LogP) is 19.9. The highest BCUT2D eigenvalue weighted by Gasteiger charge is 2.36. The number of alkyl halides is 3. The number of para-hydroxylation sites is 6. The van der Waals surface area contributed by atoms with Gasteiger partial charge in [-0.15, -0.1) is 0 Å². The van der Waals surface area contributed by atoms with Crippen molar-refractivity contribution in [2.45, 2.75) is 6.18 Å². The molecule has 0 spiro atoms. The van der Waals surface area contributed by atoms with Gasteiger partial charge in [0.25, 0.3) is 0 Å². The van der Waals surface area contributed by atoms with Gasteiger partial charge in [0.1, 0.15) is 0 Å². The molecule has 0 unspecified atom stereocenters. The molecule has 0 amide bonds. The summed E-state index contributed by atoms with van der Waals surface area (Å²) in [6.45, 7) is 0. The van der Waals surface area contributed by atoms with E-state index in [0.29, 0.717) is 40.0 Å². The molecule has 0 saturated heterocycles. The van der Waals surface area contributed by atoms with E-state index in [9.17, 15) is 0 Å². The zero-order valence-electron chi connectivity index (χ0n) is 45.8. The topological polar surface area (TPSA) is 58.4 Å². The Labute approximate surface area is 490 Å². The first kappa shape index (κ1) is 49.3. The van der Waals surface area contributed by atoms with E-state index in [2.05, 4.69) is 140 Å². The van der Waals surface area contributed by atoms with E-state index in [0.717, 1.165) is 110 Å². The van der Waals surface area contributed by atoms with Crippen LogP contribution in [0, 0.1) is 0 Å². The molecule has 12 aromatic carbocycles. The van der Waals surface area contributed by atoms with Crippen LogP contribution in [0.25, 0.3) is 155 Å². The Morgan fingerprint density at radius 1 is 0.244 bits per heavy atom. The zero-order chi connectivity index (χ0) is 57.2. The smallest absolute Gasteiger partial charge is 0.309 e. The number of fused-ring (bicyclic) bond motifs is 12. The maximum atomic E-state index is 16.5. The first-order valence-corrected chi connectivity index (χ1v) is 28.6. The van der Waals surface area contributed by atoms with E-state index in [4.69, 9.17) is 15.0 Å². The van der Waals surface area contributed by atoms with Gasteiger partial charge in [-0.1, -0.05) is 170 Å². The number of benzene rings is 12. The van der Waals surface area contributed by atoms with Crippen molar-refractivity contribution in [3.8, 4) is 68.0 Å². The molecule has 0 radical (unpaired) electrons. The summed E-state index contributed by atoms with van der Waals surface area (Å²) in [7, 11) is 0. The van der Waals surface area contributed by atoms with Crippen molar-refractivity contribution in [3.05, 3.63) is 285 Å². The second-order valence-electron chi connectivity index (χ2n) is 21.9. The molecule has 0 bridgehead atoms. The molecule has 5 heterocycles. The molecule has 0 fully saturated rings. The second-order valence-corrected chi connectivity index (χ2v) is 21.9. The van der Waals surface area contributed by atoms with Gasteiger partial charge < -0.3 is 18.3 Å². The molecular weight excluding hydrogens is 1070 g/mol. The fourth-order valence-electron chi connectivity index (χ4n) is 13.3. The largest absolute Gasteiger partial charge is 0.417 e. The van der Waals surface area contributed by atoms with Gasteiger partial charge in [-0.05, 0) is 115 Å². The van der Waals surface area contributed by atoms with Gasteiger partial charge in [0.15, 0.2) is 17.5 Å². The summed E-state index contributed by atoms with van der Waals surface area (Å²) < 4.78 is 58.3. The molecule has 0 aliphatic rings. The summed E-state index contributed by atoms with van der Waals surface area (Å²) in [4.78, 5) is 15.2. The molecule has 0 N–H and O–H groups in total. The SMILES string of the molecule is FC(F)(F)c1ccc(-n2c3ccccc3c3cc4c5ccccc5n(-c5ccccc5)c4cc32)cc1-c1cc(-c2nc(-c3ccccc3)nc(-c3ccccc3)n2)ccc1-n1c2ccccc2c2cc3c4ccccc4n(-c4ccccc4)c3cc21. The first-order chi connectivity index (χ1) is 42.3. The number of hydrogen-bond donors (Lipinski definition) is 0. The molecule has 7 nitrogen and oxygen atoms in total. The van der Waals surface area contributed by atoms with Crippen LogP contribution in [0.4, 0.5) is 13.2 Å². The lowest BCUT2D eigenvalue weighted by Crippen LogP contribution is -2.10. The number of nitrogens with zero attached hydrogens (tertiary/aromatic N) is 7. The Morgan fingerprint density at radius 3 is 1.03 bits per heavy atom. The van der Waals surface area contributed by atoms with Crippen LogP contribution in [0.15, 0.2) is 279 Å². The van der Waals surface area contributed by atoms with Gasteiger partial charge in [-0.2, -0.15) is 13.2 Å². The van der Waals surface area contributed by atoms with E-state index in [1.165, 1.54) is 6.07 Å². The third kappa shape index (κ3) is 7.66. The third-order valence-corrected chi connectivity index (χ3v) is 17.0. The summed E-state index contributed by atoms with van der Waals surface area (Å²) in [6, 6.07) is 92.3.